The van der Waals surface area contributed by atoms with Gasteiger partial charge in [0.1, 0.15) is 0 Å². The van der Waals surface area contributed by atoms with E-state index in [-0.39, 0.29) is 11.6 Å². The molecule has 0 aliphatic carbocycles. The summed E-state index contributed by atoms with van der Waals surface area (Å²) in [6, 6.07) is 4.46. The summed E-state index contributed by atoms with van der Waals surface area (Å²) < 4.78 is 6.18. The zero-order chi connectivity index (χ0) is 15.0. The lowest BCUT2D eigenvalue weighted by molar-refractivity contribution is -0.0733. The summed E-state index contributed by atoms with van der Waals surface area (Å²) >= 11 is 0. The van der Waals surface area contributed by atoms with Crippen LogP contribution in [0.15, 0.2) is 18.3 Å². The molecule has 3 nitrogen and oxygen atoms in total. The molecule has 0 spiro atoms. The number of hydrogen-bond donors (Lipinski definition) is 1. The number of pyridine rings is 1. The first kappa shape index (κ1) is 17.1. The van der Waals surface area contributed by atoms with Gasteiger partial charge < -0.3 is 10.1 Å². The van der Waals surface area contributed by atoms with Crippen LogP contribution in [0.5, 0.6) is 0 Å². The number of aryl methyl sites for hydroxylation is 1. The smallest absolute Gasteiger partial charge is 0.0871 e. The molecule has 3 heteroatoms. The zero-order valence-electron chi connectivity index (χ0n) is 13.7. The minimum atomic E-state index is -0.152. The van der Waals surface area contributed by atoms with Crippen LogP contribution in [0.3, 0.4) is 0 Å². The maximum Gasteiger partial charge on any atom is 0.0871 e. The second-order valence-electron chi connectivity index (χ2n) is 5.32. The van der Waals surface area contributed by atoms with Crippen molar-refractivity contribution in [3.63, 3.8) is 0 Å². The summed E-state index contributed by atoms with van der Waals surface area (Å²) in [5, 5.41) is 3.67. The molecule has 1 heterocycles. The summed E-state index contributed by atoms with van der Waals surface area (Å²) in [6.07, 6.45) is 5.09. The third-order valence-electron chi connectivity index (χ3n) is 4.02. The fourth-order valence-electron chi connectivity index (χ4n) is 2.78. The highest BCUT2D eigenvalue weighted by molar-refractivity contribution is 5.21. The first-order chi connectivity index (χ1) is 9.63. The van der Waals surface area contributed by atoms with Crippen molar-refractivity contribution in [3.05, 3.63) is 29.6 Å². The van der Waals surface area contributed by atoms with Gasteiger partial charge in [0.25, 0.3) is 0 Å². The van der Waals surface area contributed by atoms with Gasteiger partial charge in [-0.2, -0.15) is 0 Å². The van der Waals surface area contributed by atoms with Gasteiger partial charge in [-0.15, -0.1) is 0 Å². The predicted molar refractivity (Wildman–Crippen MR) is 84.9 cm³/mol. The van der Waals surface area contributed by atoms with E-state index in [1.165, 1.54) is 5.56 Å². The second kappa shape index (κ2) is 8.38. The molecule has 0 fully saturated rings. The van der Waals surface area contributed by atoms with E-state index in [9.17, 15) is 0 Å². The van der Waals surface area contributed by atoms with E-state index in [1.54, 1.807) is 0 Å². The number of hydrogen-bond acceptors (Lipinski definition) is 3. The molecule has 1 aromatic rings. The van der Waals surface area contributed by atoms with Crippen LogP contribution in [0.4, 0.5) is 0 Å². The highest BCUT2D eigenvalue weighted by Crippen LogP contribution is 2.35. The van der Waals surface area contributed by atoms with Gasteiger partial charge in [0, 0.05) is 18.5 Å². The van der Waals surface area contributed by atoms with Gasteiger partial charge in [-0.3, -0.25) is 4.98 Å². The van der Waals surface area contributed by atoms with Crippen LogP contribution >= 0.6 is 0 Å². The number of ether oxygens (including phenoxy) is 1. The molecule has 0 aromatic carbocycles. The Bertz CT molecular complexity index is 371. The molecule has 0 saturated carbocycles. The van der Waals surface area contributed by atoms with Crippen LogP contribution in [0.1, 0.15) is 64.3 Å². The summed E-state index contributed by atoms with van der Waals surface area (Å²) in [7, 11) is 0. The molecular formula is C17H30N2O. The molecule has 0 amide bonds. The largest absolute Gasteiger partial charge is 0.373 e. The molecule has 1 rings (SSSR count). The SMILES string of the molecule is CCCNC(c1ccc(C)nc1)C(CC)(CC)OCC. The average Bonchev–Trinajstić information content (AvgIpc) is 2.48. The van der Waals surface area contributed by atoms with Crippen LogP contribution in [-0.4, -0.2) is 23.7 Å². The average molecular weight is 278 g/mol. The van der Waals surface area contributed by atoms with Crippen molar-refractivity contribution in [1.29, 1.82) is 0 Å². The maximum absolute atomic E-state index is 6.18. The van der Waals surface area contributed by atoms with Crippen molar-refractivity contribution < 1.29 is 4.74 Å². The highest BCUT2D eigenvalue weighted by atomic mass is 16.5. The van der Waals surface area contributed by atoms with E-state index in [0.717, 1.165) is 38.1 Å². The summed E-state index contributed by atoms with van der Waals surface area (Å²) in [5.41, 5.74) is 2.13. The van der Waals surface area contributed by atoms with Crippen LogP contribution in [0, 0.1) is 6.92 Å². The first-order valence-corrected chi connectivity index (χ1v) is 7.93. The van der Waals surface area contributed by atoms with Crippen molar-refractivity contribution >= 4 is 0 Å². The first-order valence-electron chi connectivity index (χ1n) is 7.93. The second-order valence-corrected chi connectivity index (χ2v) is 5.32. The van der Waals surface area contributed by atoms with Crippen LogP contribution < -0.4 is 5.32 Å². The number of nitrogens with zero attached hydrogens (tertiary/aromatic N) is 1. The predicted octanol–water partition coefficient (Wildman–Crippen LogP) is 4.03. The molecule has 114 valence electrons. The molecular weight excluding hydrogens is 248 g/mol. The molecule has 0 radical (unpaired) electrons. The lowest BCUT2D eigenvalue weighted by Gasteiger charge is -2.40. The molecule has 1 N–H and O–H groups in total. The topological polar surface area (TPSA) is 34.2 Å². The molecule has 1 atom stereocenters. The Morgan fingerprint density at radius 3 is 2.35 bits per heavy atom. The minimum absolute atomic E-state index is 0.152. The molecule has 0 saturated heterocycles. The normalized spacial score (nSPS) is 13.4. The van der Waals surface area contributed by atoms with Crippen molar-refractivity contribution in [2.45, 2.75) is 65.5 Å². The van der Waals surface area contributed by atoms with Gasteiger partial charge in [-0.25, -0.2) is 0 Å². The Kier molecular flexibility index (Phi) is 7.17. The lowest BCUT2D eigenvalue weighted by Crippen LogP contribution is -2.46. The summed E-state index contributed by atoms with van der Waals surface area (Å²) in [5.74, 6) is 0. The monoisotopic (exact) mass is 278 g/mol. The fourth-order valence-corrected chi connectivity index (χ4v) is 2.78. The third kappa shape index (κ3) is 4.03. The Balaban J connectivity index is 3.10. The fraction of sp³-hybridized carbons (Fsp3) is 0.706. The van der Waals surface area contributed by atoms with Gasteiger partial charge >= 0.3 is 0 Å². The van der Waals surface area contributed by atoms with Gasteiger partial charge in [0.15, 0.2) is 0 Å². The van der Waals surface area contributed by atoms with Crippen molar-refractivity contribution in [3.8, 4) is 0 Å². The Morgan fingerprint density at radius 2 is 1.90 bits per heavy atom. The van der Waals surface area contributed by atoms with Gasteiger partial charge in [-0.05, 0) is 51.3 Å². The van der Waals surface area contributed by atoms with Crippen molar-refractivity contribution in [2.24, 2.45) is 0 Å². The molecule has 1 aromatic heterocycles. The molecule has 0 bridgehead atoms. The van der Waals surface area contributed by atoms with Crippen molar-refractivity contribution in [1.82, 2.24) is 10.3 Å². The minimum Gasteiger partial charge on any atom is -0.373 e. The zero-order valence-corrected chi connectivity index (χ0v) is 13.7. The van der Waals surface area contributed by atoms with Crippen molar-refractivity contribution in [2.75, 3.05) is 13.2 Å². The Morgan fingerprint density at radius 1 is 1.20 bits per heavy atom. The van der Waals surface area contributed by atoms with Gasteiger partial charge in [0.05, 0.1) is 11.6 Å². The number of aromatic nitrogens is 1. The van der Waals surface area contributed by atoms with Crippen LogP contribution in [0.2, 0.25) is 0 Å². The van der Waals surface area contributed by atoms with E-state index in [4.69, 9.17) is 4.74 Å². The van der Waals surface area contributed by atoms with E-state index >= 15 is 0 Å². The summed E-state index contributed by atoms with van der Waals surface area (Å²) in [4.78, 5) is 4.45. The van der Waals surface area contributed by atoms with E-state index in [0.29, 0.717) is 0 Å². The lowest BCUT2D eigenvalue weighted by atomic mass is 9.84. The highest BCUT2D eigenvalue weighted by Gasteiger charge is 2.37. The van der Waals surface area contributed by atoms with E-state index in [2.05, 4.69) is 50.1 Å². The maximum atomic E-state index is 6.18. The third-order valence-corrected chi connectivity index (χ3v) is 4.02. The molecule has 0 aliphatic rings. The van der Waals surface area contributed by atoms with E-state index in [1.807, 2.05) is 13.1 Å². The summed E-state index contributed by atoms with van der Waals surface area (Å²) in [6.45, 7) is 12.4. The van der Waals surface area contributed by atoms with Crippen LogP contribution in [-0.2, 0) is 4.74 Å². The number of rotatable bonds is 9. The molecule has 0 aliphatic heterocycles. The Labute approximate surface area is 124 Å². The number of nitrogens with one attached hydrogen (secondary N) is 1. The molecule has 20 heavy (non-hydrogen) atoms. The molecule has 1 unspecified atom stereocenters. The van der Waals surface area contributed by atoms with E-state index < -0.39 is 0 Å². The van der Waals surface area contributed by atoms with Crippen LogP contribution in [0.25, 0.3) is 0 Å². The van der Waals surface area contributed by atoms with Gasteiger partial charge in [-0.1, -0.05) is 26.8 Å². The Hall–Kier alpha value is -0.930. The quantitative estimate of drug-likeness (QED) is 0.740. The van der Waals surface area contributed by atoms with Gasteiger partial charge in [0.2, 0.25) is 0 Å². The standard InChI is InChI=1S/C17H30N2O/c1-6-12-18-16(15-11-10-14(5)19-13-15)17(7-2,8-3)20-9-4/h10-11,13,16,18H,6-9,12H2,1-5H3.